The molecule has 1 saturated carbocycles. The van der Waals surface area contributed by atoms with Crippen molar-refractivity contribution in [3.63, 3.8) is 0 Å². The maximum Gasteiger partial charge on any atom is 0.416 e. The lowest BCUT2D eigenvalue weighted by Gasteiger charge is -2.19. The van der Waals surface area contributed by atoms with Crippen molar-refractivity contribution < 1.29 is 27.5 Å². The lowest BCUT2D eigenvalue weighted by atomic mass is 10.1. The zero-order valence-electron chi connectivity index (χ0n) is 13.7. The van der Waals surface area contributed by atoms with Crippen LogP contribution in [-0.2, 0) is 20.5 Å². The van der Waals surface area contributed by atoms with Gasteiger partial charge in [-0.05, 0) is 50.8 Å². The van der Waals surface area contributed by atoms with Crippen molar-refractivity contribution in [3.8, 4) is 0 Å². The second kappa shape index (κ2) is 6.45. The largest absolute Gasteiger partial charge is 0.459 e. The minimum atomic E-state index is -4.37. The van der Waals surface area contributed by atoms with E-state index in [4.69, 9.17) is 4.74 Å². The van der Waals surface area contributed by atoms with Crippen LogP contribution in [0.3, 0.4) is 0 Å². The molecule has 1 N–H and O–H groups in total. The van der Waals surface area contributed by atoms with Crippen LogP contribution in [0, 0.1) is 5.92 Å². The van der Waals surface area contributed by atoms with E-state index in [0.717, 1.165) is 12.1 Å². The number of alkyl halides is 3. The predicted octanol–water partition coefficient (Wildman–Crippen LogP) is 3.27. The molecule has 1 aromatic carbocycles. The third kappa shape index (κ3) is 4.97. The van der Waals surface area contributed by atoms with Gasteiger partial charge >= 0.3 is 12.1 Å². The van der Waals surface area contributed by atoms with Crippen LogP contribution in [0.1, 0.15) is 44.2 Å². The quantitative estimate of drug-likeness (QED) is 0.854. The summed E-state index contributed by atoms with van der Waals surface area (Å²) >= 11 is 0. The zero-order chi connectivity index (χ0) is 18.1. The Kier molecular flexibility index (Phi) is 4.92. The fraction of sp³-hybridized carbons (Fsp3) is 0.529. The number of nitrogens with one attached hydrogen (secondary N) is 1. The van der Waals surface area contributed by atoms with Crippen LogP contribution in [-0.4, -0.2) is 24.0 Å². The van der Waals surface area contributed by atoms with E-state index in [1.807, 2.05) is 0 Å². The number of benzene rings is 1. The van der Waals surface area contributed by atoms with E-state index in [1.165, 1.54) is 12.1 Å². The maximum atomic E-state index is 12.5. The SMILES string of the molecule is CC(C)(C)OC(=O)CNC(=O)C1CC1c1ccc(C(F)(F)F)cc1. The molecule has 132 valence electrons. The molecule has 4 nitrogen and oxygen atoms in total. The topological polar surface area (TPSA) is 55.4 Å². The van der Waals surface area contributed by atoms with Gasteiger partial charge in [-0.1, -0.05) is 12.1 Å². The average Bonchev–Trinajstić information content (AvgIpc) is 3.22. The second-order valence-electron chi connectivity index (χ2n) is 6.87. The number of hydrogen-bond donors (Lipinski definition) is 1. The fourth-order valence-corrected chi connectivity index (χ4v) is 2.44. The molecule has 0 aromatic heterocycles. The summed E-state index contributed by atoms with van der Waals surface area (Å²) in [5, 5.41) is 2.51. The van der Waals surface area contributed by atoms with E-state index in [2.05, 4.69) is 5.32 Å². The van der Waals surface area contributed by atoms with Gasteiger partial charge < -0.3 is 10.1 Å². The molecule has 0 aliphatic heterocycles. The highest BCUT2D eigenvalue weighted by atomic mass is 19.4. The van der Waals surface area contributed by atoms with Gasteiger partial charge in [-0.3, -0.25) is 9.59 Å². The Morgan fingerprint density at radius 2 is 1.75 bits per heavy atom. The zero-order valence-corrected chi connectivity index (χ0v) is 13.7. The molecule has 1 amide bonds. The normalized spacial score (nSPS) is 20.4. The molecule has 0 heterocycles. The minimum Gasteiger partial charge on any atom is -0.459 e. The lowest BCUT2D eigenvalue weighted by molar-refractivity contribution is -0.154. The van der Waals surface area contributed by atoms with Gasteiger partial charge in [-0.15, -0.1) is 0 Å². The molecule has 2 unspecified atom stereocenters. The van der Waals surface area contributed by atoms with Gasteiger partial charge in [0.25, 0.3) is 0 Å². The summed E-state index contributed by atoms with van der Waals surface area (Å²) in [6.45, 7) is 4.98. The first kappa shape index (κ1) is 18.3. The standard InChI is InChI=1S/C17H20F3NO3/c1-16(2,3)24-14(22)9-21-15(23)13-8-12(13)10-4-6-11(7-5-10)17(18,19)20/h4-7,12-13H,8-9H2,1-3H3,(H,21,23). The van der Waals surface area contributed by atoms with E-state index in [-0.39, 0.29) is 24.3 Å². The fourth-order valence-electron chi connectivity index (χ4n) is 2.44. The van der Waals surface area contributed by atoms with Gasteiger partial charge in [-0.25, -0.2) is 0 Å². The van der Waals surface area contributed by atoms with Crippen LogP contribution in [0.5, 0.6) is 0 Å². The highest BCUT2D eigenvalue weighted by molar-refractivity contribution is 5.86. The van der Waals surface area contributed by atoms with Gasteiger partial charge in [0.05, 0.1) is 5.56 Å². The summed E-state index contributed by atoms with van der Waals surface area (Å²) in [5.74, 6) is -1.23. The summed E-state index contributed by atoms with van der Waals surface area (Å²) in [6.07, 6.45) is -3.81. The van der Waals surface area contributed by atoms with Gasteiger partial charge in [0.2, 0.25) is 5.91 Å². The van der Waals surface area contributed by atoms with E-state index in [1.54, 1.807) is 20.8 Å². The maximum absolute atomic E-state index is 12.5. The van der Waals surface area contributed by atoms with Crippen LogP contribution >= 0.6 is 0 Å². The Hall–Kier alpha value is -2.05. The smallest absolute Gasteiger partial charge is 0.416 e. The molecule has 1 aromatic rings. The van der Waals surface area contributed by atoms with Crippen molar-refractivity contribution in [2.45, 2.75) is 44.9 Å². The molecule has 0 radical (unpaired) electrons. The number of ether oxygens (including phenoxy) is 1. The van der Waals surface area contributed by atoms with Crippen LogP contribution in [0.2, 0.25) is 0 Å². The summed E-state index contributed by atoms with van der Waals surface area (Å²) in [4.78, 5) is 23.5. The Labute approximate surface area is 138 Å². The molecule has 0 saturated heterocycles. The first-order valence-electron chi connectivity index (χ1n) is 7.64. The third-order valence-electron chi connectivity index (χ3n) is 3.62. The number of esters is 1. The van der Waals surface area contributed by atoms with E-state index >= 15 is 0 Å². The Bertz CT molecular complexity index is 617. The monoisotopic (exact) mass is 343 g/mol. The number of carbonyl (C=O) groups excluding carboxylic acids is 2. The molecular weight excluding hydrogens is 323 g/mol. The molecule has 2 atom stereocenters. The molecule has 1 aliphatic carbocycles. The molecule has 1 aliphatic rings. The molecule has 24 heavy (non-hydrogen) atoms. The van der Waals surface area contributed by atoms with Crippen LogP contribution in [0.25, 0.3) is 0 Å². The highest BCUT2D eigenvalue weighted by Crippen LogP contribution is 2.47. The van der Waals surface area contributed by atoms with Gasteiger partial charge in [-0.2, -0.15) is 13.2 Å². The Morgan fingerprint density at radius 1 is 1.17 bits per heavy atom. The van der Waals surface area contributed by atoms with Gasteiger partial charge in [0.1, 0.15) is 12.1 Å². The summed E-state index contributed by atoms with van der Waals surface area (Å²) in [7, 11) is 0. The Morgan fingerprint density at radius 3 is 2.25 bits per heavy atom. The number of hydrogen-bond acceptors (Lipinski definition) is 3. The number of carbonyl (C=O) groups is 2. The Balaban J connectivity index is 1.84. The van der Waals surface area contributed by atoms with Crippen molar-refractivity contribution >= 4 is 11.9 Å². The molecular formula is C17H20F3NO3. The molecule has 1 fully saturated rings. The van der Waals surface area contributed by atoms with E-state index in [9.17, 15) is 22.8 Å². The lowest BCUT2D eigenvalue weighted by Crippen LogP contribution is -2.35. The van der Waals surface area contributed by atoms with Crippen LogP contribution < -0.4 is 5.32 Å². The predicted molar refractivity (Wildman–Crippen MR) is 81.1 cm³/mol. The summed E-state index contributed by atoms with van der Waals surface area (Å²) in [6, 6.07) is 4.83. The van der Waals surface area contributed by atoms with E-state index < -0.39 is 23.3 Å². The molecule has 0 spiro atoms. The van der Waals surface area contributed by atoms with Crippen LogP contribution in [0.15, 0.2) is 24.3 Å². The highest BCUT2D eigenvalue weighted by Gasteiger charge is 2.44. The van der Waals surface area contributed by atoms with Crippen molar-refractivity contribution in [1.29, 1.82) is 0 Å². The van der Waals surface area contributed by atoms with Crippen molar-refractivity contribution in [2.24, 2.45) is 5.92 Å². The van der Waals surface area contributed by atoms with E-state index in [0.29, 0.717) is 12.0 Å². The first-order chi connectivity index (χ1) is 11.0. The summed E-state index contributed by atoms with van der Waals surface area (Å²) in [5.41, 5.74) is -0.636. The number of amides is 1. The van der Waals surface area contributed by atoms with Crippen LogP contribution in [0.4, 0.5) is 13.2 Å². The van der Waals surface area contributed by atoms with Crippen molar-refractivity contribution in [2.75, 3.05) is 6.54 Å². The number of rotatable bonds is 4. The summed E-state index contributed by atoms with van der Waals surface area (Å²) < 4.78 is 42.7. The second-order valence-corrected chi connectivity index (χ2v) is 6.87. The minimum absolute atomic E-state index is 0.106. The first-order valence-corrected chi connectivity index (χ1v) is 7.64. The van der Waals surface area contributed by atoms with Crippen molar-refractivity contribution in [1.82, 2.24) is 5.32 Å². The molecule has 0 bridgehead atoms. The molecule has 7 heteroatoms. The van der Waals surface area contributed by atoms with Gasteiger partial charge in [0.15, 0.2) is 0 Å². The molecule has 2 rings (SSSR count). The number of halogens is 3. The van der Waals surface area contributed by atoms with Crippen molar-refractivity contribution in [3.05, 3.63) is 35.4 Å². The average molecular weight is 343 g/mol. The van der Waals surface area contributed by atoms with Gasteiger partial charge in [0, 0.05) is 5.92 Å². The third-order valence-corrected chi connectivity index (χ3v) is 3.62.